The van der Waals surface area contributed by atoms with Gasteiger partial charge in [0.2, 0.25) is 0 Å². The van der Waals surface area contributed by atoms with Crippen LogP contribution in [0.1, 0.15) is 44.3 Å². The van der Waals surface area contributed by atoms with Gasteiger partial charge in [-0.3, -0.25) is 0 Å². The molecule has 9 heteroatoms. The van der Waals surface area contributed by atoms with Gasteiger partial charge in [0, 0.05) is 12.8 Å². The molecule has 0 radical (unpaired) electrons. The van der Waals surface area contributed by atoms with Gasteiger partial charge in [-0.2, -0.15) is 0 Å². The average Bonchev–Trinajstić information content (AvgIpc) is 2.95. The number of carboxylic acid groups (broad SMARTS) is 2. The maximum absolute atomic E-state index is 12.7. The Kier molecular flexibility index (Phi) is 9.37. The molecule has 4 rings (SSSR count). The SMILES string of the molecule is C=CCO[C@H]1O[C@H](C)[C@@](O)(Cc2ccccc2C(=O)O)[C@@](O)(Cc2ccccc2C(=O)O)[C@H]1OCc1ccccc1. The van der Waals surface area contributed by atoms with E-state index < -0.39 is 41.6 Å². The van der Waals surface area contributed by atoms with Gasteiger partial charge in [0.15, 0.2) is 6.29 Å². The summed E-state index contributed by atoms with van der Waals surface area (Å²) in [6.07, 6.45) is -2.79. The lowest BCUT2D eigenvalue weighted by molar-refractivity contribution is -0.366. The molecule has 0 amide bonds. The first-order valence-electron chi connectivity index (χ1n) is 13.2. The molecule has 1 aliphatic heterocycles. The standard InChI is InChI=1S/C32H34O9/c1-3-17-39-30-27(40-20-22-11-5-4-6-12-22)32(38,19-24-14-8-10-16-26(24)29(35)36)31(37,21(2)41-30)18-23-13-7-9-15-25(23)28(33)34/h3-16,21,27,30,37-38H,1,17-20H2,2H3,(H,33,34)(H,35,36)/t21-,27+,30+,31+,32-/m1/s1. The van der Waals surface area contributed by atoms with Crippen LogP contribution in [0, 0.1) is 0 Å². The fourth-order valence-corrected chi connectivity index (χ4v) is 5.37. The third-order valence-corrected chi connectivity index (χ3v) is 7.54. The van der Waals surface area contributed by atoms with Crippen molar-refractivity contribution in [2.45, 2.75) is 56.1 Å². The summed E-state index contributed by atoms with van der Waals surface area (Å²) in [6, 6.07) is 21.5. The second-order valence-electron chi connectivity index (χ2n) is 10.1. The van der Waals surface area contributed by atoms with E-state index in [1.54, 1.807) is 43.3 Å². The highest BCUT2D eigenvalue weighted by Crippen LogP contribution is 2.45. The Hall–Kier alpha value is -3.86. The van der Waals surface area contributed by atoms with Gasteiger partial charge < -0.3 is 34.6 Å². The fraction of sp³-hybridized carbons (Fsp3) is 0.312. The van der Waals surface area contributed by atoms with Crippen LogP contribution in [0.3, 0.4) is 0 Å². The highest BCUT2D eigenvalue weighted by Gasteiger charge is 2.64. The minimum atomic E-state index is -2.22. The molecule has 0 bridgehead atoms. The van der Waals surface area contributed by atoms with Gasteiger partial charge in [0.25, 0.3) is 0 Å². The minimum Gasteiger partial charge on any atom is -0.478 e. The third-order valence-electron chi connectivity index (χ3n) is 7.54. The predicted octanol–water partition coefficient (Wildman–Crippen LogP) is 3.86. The lowest BCUT2D eigenvalue weighted by Crippen LogP contribution is -2.75. The highest BCUT2D eigenvalue weighted by molar-refractivity contribution is 5.90. The quantitative estimate of drug-likeness (QED) is 0.242. The first kappa shape index (κ1) is 30.1. The number of rotatable bonds is 12. The van der Waals surface area contributed by atoms with Crippen molar-refractivity contribution in [3.05, 3.63) is 119 Å². The molecule has 0 saturated carbocycles. The molecule has 9 nitrogen and oxygen atoms in total. The Bertz CT molecular complexity index is 1370. The Morgan fingerprint density at radius 3 is 1.88 bits per heavy atom. The second kappa shape index (κ2) is 12.8. The van der Waals surface area contributed by atoms with Crippen LogP contribution < -0.4 is 0 Å². The number of benzene rings is 3. The summed E-state index contributed by atoms with van der Waals surface area (Å²) in [5, 5.41) is 44.9. The maximum atomic E-state index is 12.7. The van der Waals surface area contributed by atoms with Gasteiger partial charge >= 0.3 is 11.9 Å². The first-order valence-corrected chi connectivity index (χ1v) is 13.2. The van der Waals surface area contributed by atoms with E-state index in [9.17, 15) is 30.0 Å². The van der Waals surface area contributed by atoms with Crippen LogP contribution in [0.2, 0.25) is 0 Å². The number of aromatic carboxylic acids is 2. The van der Waals surface area contributed by atoms with Crippen molar-refractivity contribution in [3.63, 3.8) is 0 Å². The van der Waals surface area contributed by atoms with Crippen LogP contribution >= 0.6 is 0 Å². The molecule has 216 valence electrons. The lowest BCUT2D eigenvalue weighted by Gasteiger charge is -2.56. The predicted molar refractivity (Wildman–Crippen MR) is 150 cm³/mol. The zero-order valence-corrected chi connectivity index (χ0v) is 22.7. The molecule has 3 aromatic rings. The third kappa shape index (κ3) is 6.24. The fourth-order valence-electron chi connectivity index (χ4n) is 5.37. The van der Waals surface area contributed by atoms with Crippen LogP contribution in [0.15, 0.2) is 91.5 Å². The summed E-state index contributed by atoms with van der Waals surface area (Å²) in [4.78, 5) is 24.1. The number of hydrogen-bond donors (Lipinski definition) is 4. The van der Waals surface area contributed by atoms with Gasteiger partial charge in [0.05, 0.1) is 30.4 Å². The second-order valence-corrected chi connectivity index (χ2v) is 10.1. The summed E-state index contributed by atoms with van der Waals surface area (Å²) in [6.45, 7) is 5.29. The lowest BCUT2D eigenvalue weighted by atomic mass is 9.66. The van der Waals surface area contributed by atoms with Gasteiger partial charge in [-0.25, -0.2) is 9.59 Å². The van der Waals surface area contributed by atoms with Crippen molar-refractivity contribution in [2.24, 2.45) is 0 Å². The Morgan fingerprint density at radius 2 is 1.34 bits per heavy atom. The van der Waals surface area contributed by atoms with Crippen molar-refractivity contribution in [2.75, 3.05) is 6.61 Å². The number of carbonyl (C=O) groups is 2. The van der Waals surface area contributed by atoms with E-state index in [2.05, 4.69) is 6.58 Å². The number of ether oxygens (including phenoxy) is 3. The molecule has 1 fully saturated rings. The van der Waals surface area contributed by atoms with E-state index in [0.29, 0.717) is 0 Å². The summed E-state index contributed by atoms with van der Waals surface area (Å²) >= 11 is 0. The van der Waals surface area contributed by atoms with E-state index >= 15 is 0 Å². The average molecular weight is 563 g/mol. The monoisotopic (exact) mass is 562 g/mol. The molecule has 0 unspecified atom stereocenters. The van der Waals surface area contributed by atoms with Crippen LogP contribution in [-0.2, 0) is 33.7 Å². The molecule has 1 heterocycles. The molecule has 5 atom stereocenters. The molecule has 3 aromatic carbocycles. The molecule has 0 aromatic heterocycles. The van der Waals surface area contributed by atoms with Crippen LogP contribution in [-0.4, -0.2) is 68.7 Å². The first-order chi connectivity index (χ1) is 19.6. The zero-order chi connectivity index (χ0) is 29.6. The van der Waals surface area contributed by atoms with Crippen molar-refractivity contribution in [1.82, 2.24) is 0 Å². The van der Waals surface area contributed by atoms with Crippen LogP contribution in [0.5, 0.6) is 0 Å². The van der Waals surface area contributed by atoms with Crippen molar-refractivity contribution < 1.29 is 44.2 Å². The summed E-state index contributed by atoms with van der Waals surface area (Å²) < 4.78 is 18.3. The van der Waals surface area contributed by atoms with Crippen molar-refractivity contribution >= 4 is 11.9 Å². The van der Waals surface area contributed by atoms with Gasteiger partial charge in [0.1, 0.15) is 17.3 Å². The molecule has 4 N–H and O–H groups in total. The van der Waals surface area contributed by atoms with E-state index in [1.165, 1.54) is 18.2 Å². The Morgan fingerprint density at radius 1 is 0.829 bits per heavy atom. The molecule has 1 aliphatic rings. The van der Waals surface area contributed by atoms with Crippen molar-refractivity contribution in [3.8, 4) is 0 Å². The van der Waals surface area contributed by atoms with Crippen LogP contribution in [0.4, 0.5) is 0 Å². The largest absolute Gasteiger partial charge is 0.478 e. The number of aliphatic hydroxyl groups is 2. The maximum Gasteiger partial charge on any atom is 0.335 e. The van der Waals surface area contributed by atoms with Crippen LogP contribution in [0.25, 0.3) is 0 Å². The van der Waals surface area contributed by atoms with Gasteiger partial charge in [-0.1, -0.05) is 72.8 Å². The molecule has 41 heavy (non-hydrogen) atoms. The summed E-state index contributed by atoms with van der Waals surface area (Å²) in [5.74, 6) is -2.40. The van der Waals surface area contributed by atoms with Gasteiger partial charge in [-0.05, 0) is 35.7 Å². The molecule has 0 spiro atoms. The zero-order valence-electron chi connectivity index (χ0n) is 22.7. The molecule has 1 saturated heterocycles. The normalized spacial score (nSPS) is 25.9. The summed E-state index contributed by atoms with van der Waals surface area (Å²) in [7, 11) is 0. The van der Waals surface area contributed by atoms with E-state index in [-0.39, 0.29) is 48.3 Å². The van der Waals surface area contributed by atoms with E-state index in [1.807, 2.05) is 30.3 Å². The number of carboxylic acids is 2. The topological polar surface area (TPSA) is 143 Å². The Balaban J connectivity index is 1.87. The molecular weight excluding hydrogens is 528 g/mol. The smallest absolute Gasteiger partial charge is 0.335 e. The van der Waals surface area contributed by atoms with Crippen molar-refractivity contribution in [1.29, 1.82) is 0 Å². The highest BCUT2D eigenvalue weighted by atomic mass is 16.7. The molecule has 0 aliphatic carbocycles. The van der Waals surface area contributed by atoms with E-state index in [0.717, 1.165) is 5.56 Å². The molecular formula is C32H34O9. The summed E-state index contributed by atoms with van der Waals surface area (Å²) in [5.41, 5.74) is -3.19. The Labute approximate surface area is 238 Å². The van der Waals surface area contributed by atoms with E-state index in [4.69, 9.17) is 14.2 Å². The minimum absolute atomic E-state index is 0.0158. The van der Waals surface area contributed by atoms with Gasteiger partial charge in [-0.15, -0.1) is 6.58 Å². The number of hydrogen-bond acceptors (Lipinski definition) is 7.